The molecule has 1 aliphatic rings. The van der Waals surface area contributed by atoms with Crippen molar-refractivity contribution >= 4 is 39.3 Å². The van der Waals surface area contributed by atoms with Gasteiger partial charge in [-0.25, -0.2) is 14.4 Å². The molecule has 2 atom stereocenters. The van der Waals surface area contributed by atoms with Gasteiger partial charge in [0.05, 0.1) is 10.6 Å². The van der Waals surface area contributed by atoms with Crippen LogP contribution < -0.4 is 10.6 Å². The van der Waals surface area contributed by atoms with E-state index in [0.29, 0.717) is 26.8 Å². The zero-order valence-corrected chi connectivity index (χ0v) is 23.0. The molecule has 0 saturated carbocycles. The molecular formula is C29H26FN5O2S2. The summed E-state index contributed by atoms with van der Waals surface area (Å²) in [5, 5.41) is 8.98. The molecule has 10 heteroatoms. The highest BCUT2D eigenvalue weighted by Gasteiger charge is 2.36. The summed E-state index contributed by atoms with van der Waals surface area (Å²) < 4.78 is 15.5. The van der Waals surface area contributed by atoms with Crippen molar-refractivity contribution in [2.75, 3.05) is 6.54 Å². The van der Waals surface area contributed by atoms with Crippen LogP contribution in [0.1, 0.15) is 45.1 Å². The van der Waals surface area contributed by atoms with Gasteiger partial charge < -0.3 is 10.6 Å². The summed E-state index contributed by atoms with van der Waals surface area (Å²) in [5.74, 6) is -0.991. The Kier molecular flexibility index (Phi) is 6.84. The predicted molar refractivity (Wildman–Crippen MR) is 152 cm³/mol. The first-order valence-electron chi connectivity index (χ1n) is 12.7. The summed E-state index contributed by atoms with van der Waals surface area (Å²) in [5.41, 5.74) is 3.97. The van der Waals surface area contributed by atoms with Gasteiger partial charge in [0.25, 0.3) is 5.91 Å². The number of amides is 1. The Hall–Kier alpha value is -3.73. The van der Waals surface area contributed by atoms with Gasteiger partial charge in [-0.1, -0.05) is 35.9 Å². The number of hydrogen-bond acceptors (Lipinski definition) is 7. The lowest BCUT2D eigenvalue weighted by Gasteiger charge is -2.23. The number of aryl methyl sites for hydroxylation is 2. The van der Waals surface area contributed by atoms with E-state index in [2.05, 4.69) is 15.6 Å². The average Bonchev–Trinajstić information content (AvgIpc) is 3.72. The van der Waals surface area contributed by atoms with Gasteiger partial charge in [-0.05, 0) is 57.0 Å². The maximum Gasteiger partial charge on any atom is 0.270 e. The van der Waals surface area contributed by atoms with Crippen LogP contribution in [0, 0.1) is 19.7 Å². The molecule has 7 nitrogen and oxygen atoms in total. The van der Waals surface area contributed by atoms with Crippen LogP contribution in [-0.2, 0) is 0 Å². The summed E-state index contributed by atoms with van der Waals surface area (Å²) in [7, 11) is 0. The lowest BCUT2D eigenvalue weighted by molar-refractivity contribution is 0.0832. The van der Waals surface area contributed by atoms with Crippen LogP contribution in [0.4, 0.5) is 4.39 Å². The predicted octanol–water partition coefficient (Wildman–Crippen LogP) is 5.68. The minimum Gasteiger partial charge on any atom is -0.339 e. The highest BCUT2D eigenvalue weighted by atomic mass is 32.1. The third-order valence-corrected chi connectivity index (χ3v) is 8.86. The Morgan fingerprint density at radius 1 is 1.13 bits per heavy atom. The van der Waals surface area contributed by atoms with Gasteiger partial charge in [0, 0.05) is 23.2 Å². The number of fused-ring (bicyclic) bond motifs is 1. The van der Waals surface area contributed by atoms with Crippen molar-refractivity contribution in [3.8, 4) is 21.0 Å². The summed E-state index contributed by atoms with van der Waals surface area (Å²) >= 11 is 2.84. The quantitative estimate of drug-likeness (QED) is 0.251. The number of ketones is 1. The van der Waals surface area contributed by atoms with Crippen molar-refractivity contribution in [1.29, 1.82) is 0 Å². The lowest BCUT2D eigenvalue weighted by atomic mass is 9.97. The van der Waals surface area contributed by atoms with E-state index in [1.54, 1.807) is 29.7 Å². The molecule has 39 heavy (non-hydrogen) atoms. The molecule has 0 spiro atoms. The monoisotopic (exact) mass is 559 g/mol. The first-order chi connectivity index (χ1) is 18.9. The number of thiazole rings is 2. The molecule has 1 aliphatic heterocycles. The van der Waals surface area contributed by atoms with E-state index in [1.165, 1.54) is 34.8 Å². The fourth-order valence-electron chi connectivity index (χ4n) is 5.05. The molecule has 1 fully saturated rings. The van der Waals surface area contributed by atoms with Crippen molar-refractivity contribution in [1.82, 2.24) is 25.0 Å². The molecule has 198 valence electrons. The molecule has 6 rings (SSSR count). The molecule has 4 heterocycles. The molecule has 0 radical (unpaired) electrons. The number of imidazole rings is 1. The number of carbonyl (C=O) groups excluding carboxylic acids is 2. The van der Waals surface area contributed by atoms with Gasteiger partial charge in [0.1, 0.15) is 28.3 Å². The van der Waals surface area contributed by atoms with Crippen molar-refractivity contribution in [2.24, 2.45) is 0 Å². The topological polar surface area (TPSA) is 88.4 Å². The van der Waals surface area contributed by atoms with Crippen LogP contribution in [0.3, 0.4) is 0 Å². The number of aromatic nitrogens is 3. The van der Waals surface area contributed by atoms with Gasteiger partial charge in [-0.3, -0.25) is 14.0 Å². The second-order valence-electron chi connectivity index (χ2n) is 9.69. The van der Waals surface area contributed by atoms with E-state index < -0.39 is 6.04 Å². The SMILES string of the molecule is Cc1cccc(-c2nc(C(=O)[C@@H](NC(=O)c3c(C)nc4sccn34)C3CCCN3)c(-c3ccc(F)cc3)s2)c1. The number of halogens is 1. The number of nitrogens with zero attached hydrogens (tertiary/aromatic N) is 3. The third kappa shape index (κ3) is 4.91. The Bertz CT molecular complexity index is 1680. The van der Waals surface area contributed by atoms with Gasteiger partial charge >= 0.3 is 0 Å². The second kappa shape index (κ2) is 10.4. The molecule has 1 unspecified atom stereocenters. The van der Waals surface area contributed by atoms with E-state index in [4.69, 9.17) is 4.98 Å². The highest BCUT2D eigenvalue weighted by Crippen LogP contribution is 2.37. The zero-order valence-electron chi connectivity index (χ0n) is 21.4. The van der Waals surface area contributed by atoms with Crippen molar-refractivity contribution in [3.63, 3.8) is 0 Å². The maximum atomic E-state index is 14.3. The van der Waals surface area contributed by atoms with Crippen LogP contribution >= 0.6 is 22.7 Å². The summed E-state index contributed by atoms with van der Waals surface area (Å²) in [6, 6.07) is 12.9. The zero-order chi connectivity index (χ0) is 27.1. The molecule has 0 bridgehead atoms. The van der Waals surface area contributed by atoms with E-state index in [1.807, 2.05) is 36.6 Å². The first-order valence-corrected chi connectivity index (χ1v) is 14.4. The molecule has 1 amide bonds. The molecule has 0 aliphatic carbocycles. The van der Waals surface area contributed by atoms with Crippen LogP contribution in [-0.4, -0.2) is 44.7 Å². The van der Waals surface area contributed by atoms with Crippen molar-refractivity contribution in [3.05, 3.63) is 88.6 Å². The Morgan fingerprint density at radius 2 is 1.95 bits per heavy atom. The van der Waals surface area contributed by atoms with Gasteiger partial charge in [0.2, 0.25) is 5.78 Å². The van der Waals surface area contributed by atoms with E-state index in [0.717, 1.165) is 35.5 Å². The van der Waals surface area contributed by atoms with Crippen molar-refractivity contribution < 1.29 is 14.0 Å². The minimum absolute atomic E-state index is 0.238. The number of Topliss-reactive ketones (excluding diaryl/α,β-unsaturated/α-hetero) is 1. The fraction of sp³-hybridized carbons (Fsp3) is 0.241. The van der Waals surface area contributed by atoms with Crippen LogP contribution in [0.2, 0.25) is 0 Å². The highest BCUT2D eigenvalue weighted by molar-refractivity contribution is 7.18. The maximum absolute atomic E-state index is 14.3. The lowest BCUT2D eigenvalue weighted by Crippen LogP contribution is -2.52. The molecule has 2 aromatic carbocycles. The molecule has 1 saturated heterocycles. The second-order valence-corrected chi connectivity index (χ2v) is 11.6. The van der Waals surface area contributed by atoms with E-state index in [9.17, 15) is 14.0 Å². The number of nitrogens with one attached hydrogen (secondary N) is 2. The Morgan fingerprint density at radius 3 is 2.69 bits per heavy atom. The van der Waals surface area contributed by atoms with Crippen LogP contribution in [0.15, 0.2) is 60.1 Å². The number of rotatable bonds is 7. The standard InChI is InChI=1S/C29H26FN5O2S2/c1-16-5-3-6-19(15-16)28-34-23(26(39-28)18-8-10-20(30)11-9-18)25(36)22(21-7-4-12-31-21)33-27(37)24-17(2)32-29-35(24)13-14-38-29/h3,5-6,8-11,13-15,21-22,31H,4,7,12H2,1-2H3,(H,33,37)/t21?,22-/m0/s1. The summed E-state index contributed by atoms with van der Waals surface area (Å²) in [4.78, 5) is 38.6. The third-order valence-electron chi connectivity index (χ3n) is 6.95. The molecule has 3 aromatic heterocycles. The average molecular weight is 560 g/mol. The summed E-state index contributed by atoms with van der Waals surface area (Å²) in [6.07, 6.45) is 3.46. The number of carbonyl (C=O) groups is 2. The molecule has 5 aromatic rings. The Labute approximate surface area is 232 Å². The Balaban J connectivity index is 1.42. The number of benzene rings is 2. The van der Waals surface area contributed by atoms with Crippen LogP contribution in [0.25, 0.3) is 26.0 Å². The molecule has 2 N–H and O–H groups in total. The largest absolute Gasteiger partial charge is 0.339 e. The van der Waals surface area contributed by atoms with Gasteiger partial charge in [-0.2, -0.15) is 0 Å². The normalized spacial score (nSPS) is 16.0. The van der Waals surface area contributed by atoms with E-state index >= 15 is 0 Å². The van der Waals surface area contributed by atoms with Gasteiger partial charge in [0.15, 0.2) is 4.96 Å². The minimum atomic E-state index is -0.838. The first kappa shape index (κ1) is 25.5. The molecular weight excluding hydrogens is 533 g/mol. The smallest absolute Gasteiger partial charge is 0.270 e. The summed E-state index contributed by atoms with van der Waals surface area (Å²) in [6.45, 7) is 4.56. The van der Waals surface area contributed by atoms with Gasteiger partial charge in [-0.15, -0.1) is 22.7 Å². The van der Waals surface area contributed by atoms with Crippen LogP contribution in [0.5, 0.6) is 0 Å². The fourth-order valence-corrected chi connectivity index (χ4v) is 6.89. The number of hydrogen-bond donors (Lipinski definition) is 2. The van der Waals surface area contributed by atoms with E-state index in [-0.39, 0.29) is 29.2 Å². The van der Waals surface area contributed by atoms with Crippen molar-refractivity contribution in [2.45, 2.75) is 38.8 Å².